The average molecular weight is 486 g/mol. The Kier molecular flexibility index (Phi) is 6.52. The lowest BCUT2D eigenvalue weighted by Gasteiger charge is -2.10. The Labute approximate surface area is 195 Å². The molecule has 0 saturated carbocycles. The van der Waals surface area contributed by atoms with Gasteiger partial charge < -0.3 is 4.74 Å². The largest absolute Gasteiger partial charge is 0.489 e. The first-order valence-electron chi connectivity index (χ1n) is 10.0. The second-order valence-corrected chi connectivity index (χ2v) is 7.35. The van der Waals surface area contributed by atoms with Gasteiger partial charge in [0, 0.05) is 23.1 Å². The summed E-state index contributed by atoms with van der Waals surface area (Å²) in [5.74, 6) is -4.33. The van der Waals surface area contributed by atoms with Gasteiger partial charge in [0.15, 0.2) is 17.5 Å². The third-order valence-electron chi connectivity index (χ3n) is 5.02. The van der Waals surface area contributed by atoms with Gasteiger partial charge in [-0.2, -0.15) is 0 Å². The van der Waals surface area contributed by atoms with Crippen molar-refractivity contribution in [2.75, 3.05) is 6.61 Å². The zero-order chi connectivity index (χ0) is 25.3. The van der Waals surface area contributed by atoms with Crippen LogP contribution in [0.15, 0.2) is 61.2 Å². The maximum Gasteiger partial charge on any atom is 0.195 e. The zero-order valence-electron chi connectivity index (χ0n) is 17.7. The van der Waals surface area contributed by atoms with E-state index in [4.69, 9.17) is 4.74 Å². The first kappa shape index (κ1) is 23.9. The third-order valence-corrected chi connectivity index (χ3v) is 5.02. The molecule has 0 fully saturated rings. The van der Waals surface area contributed by atoms with Crippen molar-refractivity contribution >= 4 is 10.8 Å². The molecular weight excluding hydrogens is 473 g/mol. The second-order valence-electron chi connectivity index (χ2n) is 7.35. The van der Waals surface area contributed by atoms with E-state index in [1.807, 2.05) is 0 Å². The number of fused-ring (bicyclic) bond motifs is 1. The molecule has 0 aliphatic carbocycles. The number of rotatable bonds is 4. The van der Waals surface area contributed by atoms with Gasteiger partial charge in [-0.15, -0.1) is 0 Å². The lowest BCUT2D eigenvalue weighted by molar-refractivity contribution is 0.358. The molecule has 1 nitrogen and oxygen atoms in total. The van der Waals surface area contributed by atoms with Crippen LogP contribution in [0.3, 0.4) is 0 Å². The van der Waals surface area contributed by atoms with Crippen LogP contribution in [0.5, 0.6) is 5.75 Å². The molecule has 0 N–H and O–H groups in total. The molecule has 0 amide bonds. The number of ether oxygens (including phenoxy) is 1. The van der Waals surface area contributed by atoms with Crippen molar-refractivity contribution in [2.45, 2.75) is 0 Å². The van der Waals surface area contributed by atoms with Crippen LogP contribution in [-0.2, 0) is 0 Å². The van der Waals surface area contributed by atoms with Crippen LogP contribution in [0.4, 0.5) is 30.7 Å². The van der Waals surface area contributed by atoms with Crippen molar-refractivity contribution in [1.29, 1.82) is 0 Å². The predicted molar refractivity (Wildman–Crippen MR) is 117 cm³/mol. The average Bonchev–Trinajstić information content (AvgIpc) is 2.80. The minimum Gasteiger partial charge on any atom is -0.489 e. The molecule has 4 rings (SSSR count). The lowest BCUT2D eigenvalue weighted by atomic mass is 10.0. The number of benzene rings is 4. The van der Waals surface area contributed by atoms with Crippen LogP contribution in [0.2, 0.25) is 0 Å². The van der Waals surface area contributed by atoms with Gasteiger partial charge in [-0.25, -0.2) is 30.7 Å². The molecule has 0 radical (unpaired) electrons. The van der Waals surface area contributed by atoms with Gasteiger partial charge in [-0.3, -0.25) is 0 Å². The molecule has 35 heavy (non-hydrogen) atoms. The van der Waals surface area contributed by atoms with Crippen LogP contribution in [-0.4, -0.2) is 6.61 Å². The summed E-state index contributed by atoms with van der Waals surface area (Å²) in [5.41, 5.74) is -1.59. The van der Waals surface area contributed by atoms with Crippen LogP contribution < -0.4 is 4.74 Å². The highest BCUT2D eigenvalue weighted by molar-refractivity contribution is 5.84. The first-order valence-corrected chi connectivity index (χ1v) is 10.0. The van der Waals surface area contributed by atoms with Gasteiger partial charge in [0.05, 0.1) is 11.1 Å². The maximum absolute atomic E-state index is 14.6. The number of halogens is 7. The molecule has 0 aromatic heterocycles. The van der Waals surface area contributed by atoms with Crippen molar-refractivity contribution in [3.8, 4) is 28.7 Å². The van der Waals surface area contributed by atoms with E-state index in [-0.39, 0.29) is 28.7 Å². The molecule has 4 aromatic carbocycles. The van der Waals surface area contributed by atoms with Gasteiger partial charge in [0.2, 0.25) is 0 Å². The lowest BCUT2D eigenvalue weighted by Crippen LogP contribution is -1.99. The Morgan fingerprint density at radius 2 is 1.37 bits per heavy atom. The van der Waals surface area contributed by atoms with Gasteiger partial charge in [0.1, 0.15) is 35.6 Å². The van der Waals surface area contributed by atoms with Crippen LogP contribution in [0.25, 0.3) is 21.9 Å². The quantitative estimate of drug-likeness (QED) is 0.126. The minimum atomic E-state index is -1.62. The fourth-order valence-electron chi connectivity index (χ4n) is 3.42. The number of hydrogen-bond acceptors (Lipinski definition) is 1. The van der Waals surface area contributed by atoms with E-state index in [0.29, 0.717) is 0 Å². The second kappa shape index (κ2) is 9.55. The van der Waals surface area contributed by atoms with Crippen LogP contribution in [0, 0.1) is 52.6 Å². The highest BCUT2D eigenvalue weighted by atomic mass is 19.2. The van der Waals surface area contributed by atoms with E-state index >= 15 is 0 Å². The summed E-state index contributed by atoms with van der Waals surface area (Å²) < 4.78 is 104. The Balaban J connectivity index is 1.70. The summed E-state index contributed by atoms with van der Waals surface area (Å²) in [6.45, 7) is 3.43. The molecule has 4 aromatic rings. The third kappa shape index (κ3) is 4.71. The van der Waals surface area contributed by atoms with Crippen molar-refractivity contribution in [1.82, 2.24) is 0 Å². The molecule has 0 atom stereocenters. The summed E-state index contributed by atoms with van der Waals surface area (Å²) >= 11 is 0. The predicted octanol–water partition coefficient (Wildman–Crippen LogP) is 7.45. The van der Waals surface area contributed by atoms with E-state index in [1.54, 1.807) is 0 Å². The fraction of sp³-hybridized carbons (Fsp3) is 0.0370. The summed E-state index contributed by atoms with van der Waals surface area (Å²) in [6.07, 6.45) is 1.38. The Morgan fingerprint density at radius 1 is 0.714 bits per heavy atom. The highest BCUT2D eigenvalue weighted by Crippen LogP contribution is 2.32. The zero-order valence-corrected chi connectivity index (χ0v) is 17.7. The standard InChI is InChI=1S/C27H13F7O/c1-2-7-35-17-12-22(30)25(23(31)13-17)16-10-20(28)19(21(29)11-16)6-4-14-3-5-18-15(8-14)9-24(32)27(34)26(18)33/h2-3,5,8-13H,1,7H2. The summed E-state index contributed by atoms with van der Waals surface area (Å²) in [4.78, 5) is 0. The monoisotopic (exact) mass is 486 g/mol. The topological polar surface area (TPSA) is 9.23 Å². The molecule has 0 heterocycles. The Morgan fingerprint density at radius 3 is 2.00 bits per heavy atom. The van der Waals surface area contributed by atoms with E-state index in [2.05, 4.69) is 18.4 Å². The molecule has 0 spiro atoms. The molecule has 0 aliphatic rings. The van der Waals surface area contributed by atoms with Gasteiger partial charge >= 0.3 is 0 Å². The molecule has 0 saturated heterocycles. The molecule has 0 unspecified atom stereocenters. The van der Waals surface area contributed by atoms with Crippen molar-refractivity contribution in [3.05, 3.63) is 113 Å². The summed E-state index contributed by atoms with van der Waals surface area (Å²) in [5, 5.41) is -0.197. The minimum absolute atomic E-state index is 0.00374. The first-order chi connectivity index (χ1) is 16.7. The Hall–Kier alpha value is -4.25. The van der Waals surface area contributed by atoms with E-state index < -0.39 is 57.4 Å². The van der Waals surface area contributed by atoms with E-state index in [9.17, 15) is 30.7 Å². The van der Waals surface area contributed by atoms with Crippen molar-refractivity contribution < 1.29 is 35.5 Å². The molecule has 8 heteroatoms. The molecule has 0 bridgehead atoms. The normalized spacial score (nSPS) is 10.7. The van der Waals surface area contributed by atoms with Crippen LogP contribution >= 0.6 is 0 Å². The highest BCUT2D eigenvalue weighted by Gasteiger charge is 2.18. The SMILES string of the molecule is C=CCOc1cc(F)c(-c2cc(F)c(C#Cc3ccc4c(F)c(F)c(F)cc4c3)c(F)c2)c(F)c1. The van der Waals surface area contributed by atoms with Gasteiger partial charge in [0.25, 0.3) is 0 Å². The van der Waals surface area contributed by atoms with Crippen molar-refractivity contribution in [2.24, 2.45) is 0 Å². The van der Waals surface area contributed by atoms with Crippen molar-refractivity contribution in [3.63, 3.8) is 0 Å². The molecule has 176 valence electrons. The number of hydrogen-bond donors (Lipinski definition) is 0. The maximum atomic E-state index is 14.6. The summed E-state index contributed by atoms with van der Waals surface area (Å²) in [7, 11) is 0. The fourth-order valence-corrected chi connectivity index (χ4v) is 3.42. The van der Waals surface area contributed by atoms with E-state index in [0.717, 1.165) is 36.4 Å². The van der Waals surface area contributed by atoms with Crippen LogP contribution in [0.1, 0.15) is 11.1 Å². The van der Waals surface area contributed by atoms with Gasteiger partial charge in [-0.05, 0) is 41.3 Å². The smallest absolute Gasteiger partial charge is 0.195 e. The Bertz CT molecular complexity index is 1500. The van der Waals surface area contributed by atoms with E-state index in [1.165, 1.54) is 18.2 Å². The van der Waals surface area contributed by atoms with Gasteiger partial charge in [-0.1, -0.05) is 30.6 Å². The molecule has 0 aliphatic heterocycles. The summed E-state index contributed by atoms with van der Waals surface area (Å²) in [6, 6.07) is 7.62. The molecular formula is C27H13F7O.